The molecule has 1 atom stereocenters. The number of nitrogens with zero attached hydrogens (tertiary/aromatic N) is 1. The van der Waals surface area contributed by atoms with Gasteiger partial charge in [0.1, 0.15) is 0 Å². The maximum atomic E-state index is 2.31. The predicted octanol–water partition coefficient (Wildman–Crippen LogP) is 4.11. The van der Waals surface area contributed by atoms with Gasteiger partial charge in [-0.2, -0.15) is 0 Å². The van der Waals surface area contributed by atoms with Crippen molar-refractivity contribution in [2.24, 2.45) is 0 Å². The van der Waals surface area contributed by atoms with Gasteiger partial charge in [0, 0.05) is 18.4 Å². The minimum absolute atomic E-state index is 0.581. The average molecular weight is 223 g/mol. The van der Waals surface area contributed by atoms with E-state index in [1.54, 1.807) is 0 Å². The van der Waals surface area contributed by atoms with Gasteiger partial charge in [-0.05, 0) is 35.6 Å². The average Bonchev–Trinajstić information content (AvgIpc) is 2.48. The van der Waals surface area contributed by atoms with Crippen LogP contribution >= 0.6 is 0 Å². The Labute approximate surface area is 103 Å². The lowest BCUT2D eigenvalue weighted by Gasteiger charge is -2.22. The molecule has 2 aromatic rings. The highest BCUT2D eigenvalue weighted by molar-refractivity contribution is 5.71. The largest absolute Gasteiger partial charge is 0.344 e. The second kappa shape index (κ2) is 3.92. The minimum atomic E-state index is 0.581. The second-order valence-electron chi connectivity index (χ2n) is 4.85. The number of fused-ring (bicyclic) bond motifs is 2. The molecule has 1 aliphatic rings. The molecule has 0 N–H and O–H groups in total. The van der Waals surface area contributed by atoms with Gasteiger partial charge in [0.2, 0.25) is 0 Å². The Morgan fingerprint density at radius 1 is 0.941 bits per heavy atom. The molecule has 17 heavy (non-hydrogen) atoms. The third-order valence-electron chi connectivity index (χ3n) is 3.71. The van der Waals surface area contributed by atoms with E-state index in [-0.39, 0.29) is 0 Å². The van der Waals surface area contributed by atoms with Crippen LogP contribution in [0.3, 0.4) is 0 Å². The molecular formula is C16H17N. The molecule has 0 aromatic heterocycles. The number of rotatable bonds is 0. The molecule has 1 nitrogen and oxygen atoms in total. The first kappa shape index (κ1) is 10.4. The van der Waals surface area contributed by atoms with E-state index in [1.807, 2.05) is 0 Å². The minimum Gasteiger partial charge on any atom is -0.344 e. The Balaban J connectivity index is 2.22. The fraction of sp³-hybridized carbons (Fsp3) is 0.250. The standard InChI is InChI=1S/C16H17N/c1-12-11-13-7-3-5-9-15(13)17(2)16-10-6-4-8-14(12)16/h3-10,12H,11H2,1-2H3. The lowest BCUT2D eigenvalue weighted by molar-refractivity contribution is 0.769. The van der Waals surface area contributed by atoms with Crippen molar-refractivity contribution in [3.05, 3.63) is 59.7 Å². The zero-order valence-electron chi connectivity index (χ0n) is 10.4. The van der Waals surface area contributed by atoms with Gasteiger partial charge >= 0.3 is 0 Å². The summed E-state index contributed by atoms with van der Waals surface area (Å²) >= 11 is 0. The molecule has 1 aliphatic heterocycles. The van der Waals surface area contributed by atoms with Crippen LogP contribution in [0.25, 0.3) is 0 Å². The summed E-state index contributed by atoms with van der Waals surface area (Å²) < 4.78 is 0. The maximum Gasteiger partial charge on any atom is 0.0443 e. The van der Waals surface area contributed by atoms with Crippen LogP contribution in [-0.2, 0) is 6.42 Å². The Morgan fingerprint density at radius 3 is 2.41 bits per heavy atom. The summed E-state index contributed by atoms with van der Waals surface area (Å²) in [6.45, 7) is 2.31. The molecule has 0 spiro atoms. The molecule has 0 amide bonds. The molecule has 86 valence electrons. The zero-order chi connectivity index (χ0) is 11.8. The topological polar surface area (TPSA) is 3.24 Å². The van der Waals surface area contributed by atoms with E-state index >= 15 is 0 Å². The van der Waals surface area contributed by atoms with E-state index in [4.69, 9.17) is 0 Å². The van der Waals surface area contributed by atoms with Crippen molar-refractivity contribution in [3.8, 4) is 0 Å². The number of para-hydroxylation sites is 2. The molecule has 1 heterocycles. The van der Waals surface area contributed by atoms with Crippen LogP contribution < -0.4 is 4.90 Å². The van der Waals surface area contributed by atoms with Crippen LogP contribution in [0, 0.1) is 0 Å². The summed E-state index contributed by atoms with van der Waals surface area (Å²) in [6, 6.07) is 17.4. The van der Waals surface area contributed by atoms with Gasteiger partial charge in [0.05, 0.1) is 0 Å². The highest BCUT2D eigenvalue weighted by Crippen LogP contribution is 2.39. The van der Waals surface area contributed by atoms with Crippen LogP contribution in [-0.4, -0.2) is 7.05 Å². The monoisotopic (exact) mass is 223 g/mol. The fourth-order valence-electron chi connectivity index (χ4n) is 2.79. The molecule has 1 heteroatoms. The fourth-order valence-corrected chi connectivity index (χ4v) is 2.79. The van der Waals surface area contributed by atoms with Crippen molar-refractivity contribution in [1.82, 2.24) is 0 Å². The van der Waals surface area contributed by atoms with Gasteiger partial charge in [-0.25, -0.2) is 0 Å². The van der Waals surface area contributed by atoms with Gasteiger partial charge in [0.15, 0.2) is 0 Å². The Bertz CT molecular complexity index is 545. The van der Waals surface area contributed by atoms with Crippen molar-refractivity contribution in [2.75, 3.05) is 11.9 Å². The number of hydrogen-bond donors (Lipinski definition) is 0. The summed E-state index contributed by atoms with van der Waals surface area (Å²) in [5.74, 6) is 0.581. The smallest absolute Gasteiger partial charge is 0.0443 e. The van der Waals surface area contributed by atoms with Crippen molar-refractivity contribution in [3.63, 3.8) is 0 Å². The van der Waals surface area contributed by atoms with Crippen molar-refractivity contribution >= 4 is 11.4 Å². The van der Waals surface area contributed by atoms with Crippen LogP contribution in [0.2, 0.25) is 0 Å². The van der Waals surface area contributed by atoms with Gasteiger partial charge in [-0.1, -0.05) is 43.3 Å². The predicted molar refractivity (Wildman–Crippen MR) is 73.1 cm³/mol. The maximum absolute atomic E-state index is 2.31. The second-order valence-corrected chi connectivity index (χ2v) is 4.85. The Morgan fingerprint density at radius 2 is 1.59 bits per heavy atom. The summed E-state index contributed by atoms with van der Waals surface area (Å²) in [4.78, 5) is 2.31. The molecule has 2 aromatic carbocycles. The molecule has 0 aliphatic carbocycles. The highest BCUT2D eigenvalue weighted by atomic mass is 15.1. The van der Waals surface area contributed by atoms with Gasteiger partial charge in [-0.3, -0.25) is 0 Å². The lowest BCUT2D eigenvalue weighted by atomic mass is 9.94. The molecule has 0 bridgehead atoms. The van der Waals surface area contributed by atoms with E-state index in [2.05, 4.69) is 67.4 Å². The van der Waals surface area contributed by atoms with Crippen LogP contribution in [0.15, 0.2) is 48.5 Å². The molecule has 1 unspecified atom stereocenters. The SMILES string of the molecule is CC1Cc2ccccc2N(C)c2ccccc21. The molecule has 0 saturated heterocycles. The molecule has 3 rings (SSSR count). The summed E-state index contributed by atoms with van der Waals surface area (Å²) in [5, 5.41) is 0. The van der Waals surface area contributed by atoms with Gasteiger partial charge < -0.3 is 4.90 Å². The number of benzene rings is 2. The van der Waals surface area contributed by atoms with Crippen molar-refractivity contribution in [1.29, 1.82) is 0 Å². The molecular weight excluding hydrogens is 206 g/mol. The van der Waals surface area contributed by atoms with Gasteiger partial charge in [-0.15, -0.1) is 0 Å². The van der Waals surface area contributed by atoms with Crippen molar-refractivity contribution < 1.29 is 0 Å². The molecule has 0 saturated carbocycles. The first-order chi connectivity index (χ1) is 8.27. The summed E-state index contributed by atoms with van der Waals surface area (Å²) in [6.07, 6.45) is 1.12. The van der Waals surface area contributed by atoms with E-state index in [0.29, 0.717) is 5.92 Å². The number of anilines is 2. The molecule has 0 radical (unpaired) electrons. The highest BCUT2D eigenvalue weighted by Gasteiger charge is 2.21. The van der Waals surface area contributed by atoms with E-state index < -0.39 is 0 Å². The van der Waals surface area contributed by atoms with E-state index in [9.17, 15) is 0 Å². The van der Waals surface area contributed by atoms with Crippen molar-refractivity contribution in [2.45, 2.75) is 19.3 Å². The summed E-state index contributed by atoms with van der Waals surface area (Å²) in [5.41, 5.74) is 5.57. The normalized spacial score (nSPS) is 18.2. The summed E-state index contributed by atoms with van der Waals surface area (Å²) in [7, 11) is 2.16. The van der Waals surface area contributed by atoms with E-state index in [0.717, 1.165) is 6.42 Å². The first-order valence-electron chi connectivity index (χ1n) is 6.18. The lowest BCUT2D eigenvalue weighted by Crippen LogP contribution is -2.10. The van der Waals surface area contributed by atoms with Crippen LogP contribution in [0.1, 0.15) is 24.0 Å². The Kier molecular flexibility index (Phi) is 2.40. The third kappa shape index (κ3) is 1.62. The van der Waals surface area contributed by atoms with Crippen LogP contribution in [0.5, 0.6) is 0 Å². The zero-order valence-corrected chi connectivity index (χ0v) is 10.4. The third-order valence-corrected chi connectivity index (χ3v) is 3.71. The van der Waals surface area contributed by atoms with E-state index in [1.165, 1.54) is 22.5 Å². The van der Waals surface area contributed by atoms with Gasteiger partial charge in [0.25, 0.3) is 0 Å². The number of hydrogen-bond acceptors (Lipinski definition) is 1. The van der Waals surface area contributed by atoms with Crippen LogP contribution in [0.4, 0.5) is 11.4 Å². The molecule has 0 fully saturated rings. The Hall–Kier alpha value is -1.76. The first-order valence-corrected chi connectivity index (χ1v) is 6.18. The quantitative estimate of drug-likeness (QED) is 0.649.